The average molecular weight is 423 g/mol. The first-order valence-corrected chi connectivity index (χ1v) is 10.5. The fraction of sp³-hybridized carbons (Fsp3) is 0.263. The van der Waals surface area contributed by atoms with Crippen molar-refractivity contribution >= 4 is 39.0 Å². The molecular formula is C19H19ClN2O5S. The van der Waals surface area contributed by atoms with Gasteiger partial charge in [-0.05, 0) is 43.3 Å². The number of halogens is 1. The number of nitrogens with zero attached hydrogens (tertiary/aromatic N) is 2. The Kier molecular flexibility index (Phi) is 6.21. The summed E-state index contributed by atoms with van der Waals surface area (Å²) in [4.78, 5) is 17.3. The third-order valence-electron chi connectivity index (χ3n) is 4.06. The second-order valence-corrected chi connectivity index (χ2v) is 8.31. The largest absolute Gasteiger partial charge is 0.461 e. The molecule has 1 aliphatic rings. The van der Waals surface area contributed by atoms with Gasteiger partial charge < -0.3 is 9.57 Å². The maximum Gasteiger partial charge on any atom is 0.356 e. The van der Waals surface area contributed by atoms with E-state index in [0.29, 0.717) is 10.7 Å². The number of carbonyl (C=O) groups excluding carboxylic acids is 1. The van der Waals surface area contributed by atoms with E-state index >= 15 is 0 Å². The Hall–Kier alpha value is -2.58. The number of sulfonamides is 1. The molecule has 0 radical (unpaired) electrons. The third kappa shape index (κ3) is 4.45. The summed E-state index contributed by atoms with van der Waals surface area (Å²) in [5, 5.41) is 4.24. The van der Waals surface area contributed by atoms with Crippen molar-refractivity contribution in [3.8, 4) is 0 Å². The zero-order chi connectivity index (χ0) is 20.1. The van der Waals surface area contributed by atoms with Crippen molar-refractivity contribution in [2.24, 2.45) is 5.16 Å². The van der Waals surface area contributed by atoms with E-state index in [4.69, 9.17) is 21.2 Å². The zero-order valence-electron chi connectivity index (χ0n) is 15.1. The molecule has 0 spiro atoms. The summed E-state index contributed by atoms with van der Waals surface area (Å²) >= 11 is 5.94. The van der Waals surface area contributed by atoms with Crippen LogP contribution in [0.3, 0.4) is 0 Å². The van der Waals surface area contributed by atoms with E-state index in [9.17, 15) is 13.2 Å². The molecule has 0 amide bonds. The lowest BCUT2D eigenvalue weighted by atomic mass is 10.2. The molecule has 0 bridgehead atoms. The highest BCUT2D eigenvalue weighted by Gasteiger charge is 2.33. The summed E-state index contributed by atoms with van der Waals surface area (Å²) in [6.07, 6.45) is -0.457. The normalized spacial score (nSPS) is 16.2. The summed E-state index contributed by atoms with van der Waals surface area (Å²) in [6, 6.07) is 14.5. The Morgan fingerprint density at radius 1 is 1.21 bits per heavy atom. The van der Waals surface area contributed by atoms with Crippen molar-refractivity contribution < 1.29 is 22.8 Å². The molecule has 1 aliphatic heterocycles. The number of oxime groups is 1. The van der Waals surface area contributed by atoms with Crippen molar-refractivity contribution in [1.82, 2.24) is 0 Å². The van der Waals surface area contributed by atoms with Crippen LogP contribution in [0.2, 0.25) is 5.02 Å². The predicted octanol–water partition coefficient (Wildman–Crippen LogP) is 3.24. The first kappa shape index (κ1) is 20.2. The van der Waals surface area contributed by atoms with Crippen molar-refractivity contribution in [1.29, 1.82) is 0 Å². The van der Waals surface area contributed by atoms with Gasteiger partial charge in [0.1, 0.15) is 0 Å². The molecule has 7 nitrogen and oxygen atoms in total. The zero-order valence-corrected chi connectivity index (χ0v) is 16.7. The van der Waals surface area contributed by atoms with Gasteiger partial charge in [-0.25, -0.2) is 13.2 Å². The summed E-state index contributed by atoms with van der Waals surface area (Å²) in [6.45, 7) is 1.90. The van der Waals surface area contributed by atoms with E-state index in [1.54, 1.807) is 49.4 Å². The number of hydrogen-bond acceptors (Lipinski definition) is 6. The minimum atomic E-state index is -3.86. The Labute approximate surface area is 168 Å². The van der Waals surface area contributed by atoms with Crippen LogP contribution in [0, 0.1) is 0 Å². The molecule has 9 heteroatoms. The second-order valence-electron chi connectivity index (χ2n) is 6.02. The van der Waals surface area contributed by atoms with Crippen LogP contribution >= 0.6 is 11.6 Å². The standard InChI is InChI=1S/C19H19ClN2O5S/c1-2-26-19(23)18-12-16(27-21-18)13-22(15-10-8-14(20)9-11-15)28(24,25)17-6-4-3-5-7-17/h3-11,16H,2,12-13H2,1H3/t16-/m0/s1. The van der Waals surface area contributed by atoms with Gasteiger partial charge in [-0.3, -0.25) is 4.31 Å². The molecule has 0 aliphatic carbocycles. The van der Waals surface area contributed by atoms with Gasteiger partial charge in [0.05, 0.1) is 23.7 Å². The van der Waals surface area contributed by atoms with Crippen LogP contribution in [0.15, 0.2) is 64.6 Å². The monoisotopic (exact) mass is 422 g/mol. The van der Waals surface area contributed by atoms with E-state index in [0.717, 1.165) is 0 Å². The highest BCUT2D eigenvalue weighted by molar-refractivity contribution is 7.92. The van der Waals surface area contributed by atoms with Crippen LogP contribution in [0.4, 0.5) is 5.69 Å². The molecule has 0 N–H and O–H groups in total. The van der Waals surface area contributed by atoms with Gasteiger partial charge in [0.25, 0.3) is 10.0 Å². The van der Waals surface area contributed by atoms with Crippen molar-refractivity contribution in [2.75, 3.05) is 17.5 Å². The topological polar surface area (TPSA) is 85.3 Å². The fourth-order valence-corrected chi connectivity index (χ4v) is 4.36. The highest BCUT2D eigenvalue weighted by atomic mass is 35.5. The molecule has 1 atom stereocenters. The number of anilines is 1. The van der Waals surface area contributed by atoms with Gasteiger partial charge in [0.15, 0.2) is 11.8 Å². The van der Waals surface area contributed by atoms with Crippen molar-refractivity contribution in [3.63, 3.8) is 0 Å². The number of esters is 1. The van der Waals surface area contributed by atoms with Crippen molar-refractivity contribution in [3.05, 3.63) is 59.6 Å². The molecule has 2 aromatic rings. The molecule has 2 aromatic carbocycles. The number of benzene rings is 2. The van der Waals surface area contributed by atoms with E-state index in [2.05, 4.69) is 5.16 Å². The molecule has 0 aromatic heterocycles. The lowest BCUT2D eigenvalue weighted by Crippen LogP contribution is -2.38. The summed E-state index contributed by atoms with van der Waals surface area (Å²) in [7, 11) is -3.86. The summed E-state index contributed by atoms with van der Waals surface area (Å²) < 4.78 is 32.6. The molecule has 0 saturated heterocycles. The number of rotatable bonds is 7. The van der Waals surface area contributed by atoms with Gasteiger partial charge in [-0.1, -0.05) is 35.0 Å². The Morgan fingerprint density at radius 2 is 1.89 bits per heavy atom. The van der Waals surface area contributed by atoms with Gasteiger partial charge in [-0.2, -0.15) is 0 Å². The summed E-state index contributed by atoms with van der Waals surface area (Å²) in [5.74, 6) is -0.561. The Morgan fingerprint density at radius 3 is 2.54 bits per heavy atom. The molecule has 0 unspecified atom stereocenters. The molecule has 28 heavy (non-hydrogen) atoms. The van der Waals surface area contributed by atoms with Crippen LogP contribution < -0.4 is 4.31 Å². The van der Waals surface area contributed by atoms with E-state index in [-0.39, 0.29) is 30.2 Å². The lowest BCUT2D eigenvalue weighted by molar-refractivity contribution is -0.135. The second kappa shape index (κ2) is 8.62. The van der Waals surface area contributed by atoms with Gasteiger partial charge in [0.2, 0.25) is 0 Å². The SMILES string of the molecule is CCOC(=O)C1=NO[C@H](CN(c2ccc(Cl)cc2)S(=O)(=O)c2ccccc2)C1. The maximum atomic E-state index is 13.2. The number of hydrogen-bond donors (Lipinski definition) is 0. The van der Waals surface area contributed by atoms with Crippen LogP contribution in [-0.4, -0.2) is 39.4 Å². The first-order valence-electron chi connectivity index (χ1n) is 8.65. The summed E-state index contributed by atoms with van der Waals surface area (Å²) in [5.41, 5.74) is 0.571. The van der Waals surface area contributed by atoms with Crippen LogP contribution in [0.25, 0.3) is 0 Å². The Bertz CT molecular complexity index is 962. The van der Waals surface area contributed by atoms with Crippen LogP contribution in [-0.2, 0) is 24.4 Å². The minimum absolute atomic E-state index is 0.0226. The maximum absolute atomic E-state index is 13.2. The number of carbonyl (C=O) groups is 1. The van der Waals surface area contributed by atoms with E-state index in [1.165, 1.54) is 16.4 Å². The molecular weight excluding hydrogens is 404 g/mol. The van der Waals surface area contributed by atoms with E-state index in [1.807, 2.05) is 0 Å². The lowest BCUT2D eigenvalue weighted by Gasteiger charge is -2.26. The third-order valence-corrected chi connectivity index (χ3v) is 6.12. The van der Waals surface area contributed by atoms with Gasteiger partial charge in [-0.15, -0.1) is 0 Å². The molecule has 1 heterocycles. The predicted molar refractivity (Wildman–Crippen MR) is 106 cm³/mol. The highest BCUT2D eigenvalue weighted by Crippen LogP contribution is 2.27. The number of ether oxygens (including phenoxy) is 1. The van der Waals surface area contributed by atoms with Crippen molar-refractivity contribution in [2.45, 2.75) is 24.3 Å². The Balaban J connectivity index is 1.86. The van der Waals surface area contributed by atoms with E-state index < -0.39 is 22.1 Å². The quantitative estimate of drug-likeness (QED) is 0.639. The molecule has 3 rings (SSSR count). The first-order chi connectivity index (χ1) is 13.4. The fourth-order valence-electron chi connectivity index (χ4n) is 2.72. The molecule has 148 valence electrons. The van der Waals surface area contributed by atoms with Crippen LogP contribution in [0.1, 0.15) is 13.3 Å². The van der Waals surface area contributed by atoms with Crippen LogP contribution in [0.5, 0.6) is 0 Å². The van der Waals surface area contributed by atoms with Gasteiger partial charge in [0, 0.05) is 11.4 Å². The molecule has 0 fully saturated rings. The minimum Gasteiger partial charge on any atom is -0.461 e. The van der Waals surface area contributed by atoms with Gasteiger partial charge >= 0.3 is 5.97 Å². The average Bonchev–Trinajstić information content (AvgIpc) is 3.17. The smallest absolute Gasteiger partial charge is 0.356 e. The molecule has 0 saturated carbocycles.